The van der Waals surface area contributed by atoms with Gasteiger partial charge in [0.25, 0.3) is 15.9 Å². The van der Waals surface area contributed by atoms with E-state index in [4.69, 9.17) is 11.6 Å². The van der Waals surface area contributed by atoms with Crippen molar-refractivity contribution in [3.63, 3.8) is 0 Å². The highest BCUT2D eigenvalue weighted by Gasteiger charge is 2.49. The number of thiophene rings is 1. The van der Waals surface area contributed by atoms with Crippen LogP contribution in [0.1, 0.15) is 38.5 Å². The minimum absolute atomic E-state index is 0.150. The first-order valence-electron chi connectivity index (χ1n) is 9.59. The van der Waals surface area contributed by atoms with E-state index in [9.17, 15) is 18.0 Å². The summed E-state index contributed by atoms with van der Waals surface area (Å²) in [6.07, 6.45) is 4.13. The summed E-state index contributed by atoms with van der Waals surface area (Å²) in [5, 5.41) is 2.20. The van der Waals surface area contributed by atoms with Gasteiger partial charge in [-0.15, -0.1) is 11.3 Å². The summed E-state index contributed by atoms with van der Waals surface area (Å²) in [6, 6.07) is 8.33. The highest BCUT2D eigenvalue weighted by molar-refractivity contribution is 7.91. The lowest BCUT2D eigenvalue weighted by molar-refractivity contribution is -0.122. The fourth-order valence-electron chi connectivity index (χ4n) is 4.14. The normalized spacial score (nSPS) is 21.3. The molecule has 1 atom stereocenters. The molecule has 1 saturated heterocycles. The van der Waals surface area contributed by atoms with Crippen LogP contribution in [0.2, 0.25) is 5.02 Å². The van der Waals surface area contributed by atoms with Crippen molar-refractivity contribution >= 4 is 50.5 Å². The molecule has 4 rings (SSSR count). The summed E-state index contributed by atoms with van der Waals surface area (Å²) in [7, 11) is -3.88. The molecule has 1 unspecified atom stereocenters. The number of anilines is 1. The number of carbonyl (C=O) groups excluding carboxylic acids is 2. The summed E-state index contributed by atoms with van der Waals surface area (Å²) < 4.78 is 28.4. The Kier molecular flexibility index (Phi) is 5.79. The zero-order valence-corrected chi connectivity index (χ0v) is 18.0. The topological polar surface area (TPSA) is 74.8 Å². The van der Waals surface area contributed by atoms with Crippen molar-refractivity contribution in [2.24, 2.45) is 0 Å². The van der Waals surface area contributed by atoms with Crippen molar-refractivity contribution in [1.29, 1.82) is 0 Å². The third-order valence-electron chi connectivity index (χ3n) is 5.48. The predicted molar refractivity (Wildman–Crippen MR) is 113 cm³/mol. The molecule has 2 heterocycles. The standard InChI is InChI=1S/C20H21ClN2O4S2/c21-14-8-10-15(11-9-14)22-18(24)13-17(20(22)25)23(16-5-2-1-3-6-16)29(26,27)19-7-4-12-28-19/h4,7-12,16-17H,1-3,5-6,13H2. The van der Waals surface area contributed by atoms with Gasteiger partial charge in [0.15, 0.2) is 0 Å². The van der Waals surface area contributed by atoms with E-state index in [1.54, 1.807) is 41.8 Å². The van der Waals surface area contributed by atoms with Crippen molar-refractivity contribution < 1.29 is 18.0 Å². The third-order valence-corrected chi connectivity index (χ3v) is 9.06. The molecule has 0 N–H and O–H groups in total. The van der Waals surface area contributed by atoms with Gasteiger partial charge in [-0.3, -0.25) is 9.59 Å². The van der Waals surface area contributed by atoms with Crippen LogP contribution in [0.5, 0.6) is 0 Å². The number of rotatable bonds is 5. The van der Waals surface area contributed by atoms with Gasteiger partial charge in [0.05, 0.1) is 12.1 Å². The molecule has 6 nitrogen and oxygen atoms in total. The van der Waals surface area contributed by atoms with E-state index in [1.165, 1.54) is 4.31 Å². The minimum atomic E-state index is -3.88. The van der Waals surface area contributed by atoms with Crippen LogP contribution in [0, 0.1) is 0 Å². The number of nitrogens with zero attached hydrogens (tertiary/aromatic N) is 2. The summed E-state index contributed by atoms with van der Waals surface area (Å²) in [4.78, 5) is 27.1. The molecule has 1 aromatic heterocycles. The second-order valence-corrected chi connectivity index (χ2v) is 10.8. The molecule has 0 spiro atoms. The lowest BCUT2D eigenvalue weighted by Gasteiger charge is -2.35. The zero-order chi connectivity index (χ0) is 20.6. The minimum Gasteiger partial charge on any atom is -0.274 e. The quantitative estimate of drug-likeness (QED) is 0.641. The van der Waals surface area contributed by atoms with Gasteiger partial charge in [0.2, 0.25) is 5.91 Å². The molecule has 0 radical (unpaired) electrons. The molecule has 0 bridgehead atoms. The number of carbonyl (C=O) groups is 2. The van der Waals surface area contributed by atoms with E-state index in [2.05, 4.69) is 0 Å². The number of benzene rings is 1. The monoisotopic (exact) mass is 452 g/mol. The summed E-state index contributed by atoms with van der Waals surface area (Å²) in [5.74, 6) is -0.896. The predicted octanol–water partition coefficient (Wildman–Crippen LogP) is 4.06. The Hall–Kier alpha value is -1.74. The van der Waals surface area contributed by atoms with Gasteiger partial charge >= 0.3 is 0 Å². The Morgan fingerprint density at radius 2 is 1.72 bits per heavy atom. The van der Waals surface area contributed by atoms with E-state index in [-0.39, 0.29) is 16.7 Å². The lowest BCUT2D eigenvalue weighted by atomic mass is 9.94. The fourth-order valence-corrected chi connectivity index (χ4v) is 7.19. The third kappa shape index (κ3) is 3.86. The van der Waals surface area contributed by atoms with Crippen LogP contribution in [-0.2, 0) is 19.6 Å². The first-order chi connectivity index (χ1) is 13.9. The molecule has 2 fully saturated rings. The summed E-state index contributed by atoms with van der Waals surface area (Å²) in [5.41, 5.74) is 0.406. The Morgan fingerprint density at radius 3 is 2.34 bits per heavy atom. The van der Waals surface area contributed by atoms with E-state index < -0.39 is 27.9 Å². The molecule has 29 heavy (non-hydrogen) atoms. The van der Waals surface area contributed by atoms with Crippen molar-refractivity contribution in [1.82, 2.24) is 4.31 Å². The van der Waals surface area contributed by atoms with Crippen molar-refractivity contribution in [2.75, 3.05) is 4.90 Å². The lowest BCUT2D eigenvalue weighted by Crippen LogP contribution is -2.51. The largest absolute Gasteiger partial charge is 0.274 e. The van der Waals surface area contributed by atoms with Crippen LogP contribution in [0.25, 0.3) is 0 Å². The van der Waals surface area contributed by atoms with Crippen LogP contribution in [0.15, 0.2) is 46.0 Å². The van der Waals surface area contributed by atoms with Crippen molar-refractivity contribution in [3.8, 4) is 0 Å². The fraction of sp³-hybridized carbons (Fsp3) is 0.400. The number of amides is 2. The Labute approximate surface area is 179 Å². The average Bonchev–Trinajstić information content (AvgIpc) is 3.34. The van der Waals surface area contributed by atoms with Crippen molar-refractivity contribution in [3.05, 3.63) is 46.8 Å². The summed E-state index contributed by atoms with van der Waals surface area (Å²) >= 11 is 7.04. The number of imide groups is 1. The molecule has 1 aliphatic carbocycles. The van der Waals surface area contributed by atoms with E-state index >= 15 is 0 Å². The second kappa shape index (κ2) is 8.18. The Bertz CT molecular complexity index is 1000. The SMILES string of the molecule is O=C1CC(N(C2CCCCC2)S(=O)(=O)c2cccs2)C(=O)N1c1ccc(Cl)cc1. The van der Waals surface area contributed by atoms with Crippen LogP contribution < -0.4 is 4.90 Å². The second-order valence-electron chi connectivity index (χ2n) is 7.32. The molecular weight excluding hydrogens is 432 g/mol. The van der Waals surface area contributed by atoms with E-state index in [0.717, 1.165) is 35.5 Å². The maximum absolute atomic E-state index is 13.5. The van der Waals surface area contributed by atoms with E-state index in [1.807, 2.05) is 0 Å². The van der Waals surface area contributed by atoms with Gasteiger partial charge < -0.3 is 0 Å². The molecular formula is C20H21ClN2O4S2. The van der Waals surface area contributed by atoms with Crippen LogP contribution in [-0.4, -0.2) is 36.6 Å². The number of sulfonamides is 1. The Morgan fingerprint density at radius 1 is 1.03 bits per heavy atom. The molecule has 1 saturated carbocycles. The molecule has 2 aromatic rings. The van der Waals surface area contributed by atoms with Gasteiger partial charge in [-0.1, -0.05) is 36.9 Å². The molecule has 154 valence electrons. The van der Waals surface area contributed by atoms with Gasteiger partial charge in [-0.2, -0.15) is 4.31 Å². The molecule has 2 aliphatic rings. The number of halogens is 1. The van der Waals surface area contributed by atoms with Gasteiger partial charge in [0, 0.05) is 11.1 Å². The summed E-state index contributed by atoms with van der Waals surface area (Å²) in [6.45, 7) is 0. The zero-order valence-electron chi connectivity index (χ0n) is 15.7. The maximum atomic E-state index is 13.5. The molecule has 1 aliphatic heterocycles. The van der Waals surface area contributed by atoms with Gasteiger partial charge in [-0.05, 0) is 48.6 Å². The number of hydrogen-bond donors (Lipinski definition) is 0. The molecule has 2 amide bonds. The van der Waals surface area contributed by atoms with E-state index in [0.29, 0.717) is 23.6 Å². The highest BCUT2D eigenvalue weighted by Crippen LogP contribution is 2.36. The van der Waals surface area contributed by atoms with Crippen LogP contribution in [0.3, 0.4) is 0 Å². The van der Waals surface area contributed by atoms with Gasteiger partial charge in [0.1, 0.15) is 10.3 Å². The first kappa shape index (κ1) is 20.5. The highest BCUT2D eigenvalue weighted by atomic mass is 35.5. The molecule has 9 heteroatoms. The first-order valence-corrected chi connectivity index (χ1v) is 12.3. The van der Waals surface area contributed by atoms with Crippen LogP contribution in [0.4, 0.5) is 5.69 Å². The molecule has 1 aromatic carbocycles. The average molecular weight is 453 g/mol. The maximum Gasteiger partial charge on any atom is 0.253 e. The Balaban J connectivity index is 1.72. The van der Waals surface area contributed by atoms with Gasteiger partial charge in [-0.25, -0.2) is 13.3 Å². The smallest absolute Gasteiger partial charge is 0.253 e. The number of hydrogen-bond acceptors (Lipinski definition) is 5. The van der Waals surface area contributed by atoms with Crippen molar-refractivity contribution in [2.45, 2.75) is 54.8 Å². The van der Waals surface area contributed by atoms with Crippen LogP contribution >= 0.6 is 22.9 Å².